The Hall–Kier alpha value is -2.02. The zero-order chi connectivity index (χ0) is 19.4. The van der Waals surface area contributed by atoms with Gasteiger partial charge in [-0.05, 0) is 32.0 Å². The van der Waals surface area contributed by atoms with E-state index >= 15 is 0 Å². The number of aliphatic hydroxyl groups excluding tert-OH is 1. The molecule has 150 valence electrons. The molecule has 6 heteroatoms. The van der Waals surface area contributed by atoms with Crippen molar-refractivity contribution in [3.05, 3.63) is 53.9 Å². The minimum Gasteiger partial charge on any atom is -0.395 e. The topological polar surface area (TPSA) is 55.7 Å². The Bertz CT molecular complexity index is 745. The summed E-state index contributed by atoms with van der Waals surface area (Å²) in [6, 6.07) is 10.5. The number of piperazine rings is 1. The molecule has 1 N–H and O–H groups in total. The molecule has 0 saturated carbocycles. The molecule has 4 rings (SSSR count). The van der Waals surface area contributed by atoms with E-state index in [0.29, 0.717) is 0 Å². The standard InChI is InChI=1S/C22H31N5O/c1-25-10-12-27(13-11-25)21-23-14-19(15-24-21)16-26-9-5-8-22(17-26,18-28)20-6-3-2-4-7-20/h2-4,6-7,14-15,28H,5,8-13,16-18H2,1H3. The molecule has 2 aromatic rings. The number of nitrogens with zero attached hydrogens (tertiary/aromatic N) is 5. The lowest BCUT2D eigenvalue weighted by Gasteiger charge is -2.42. The van der Waals surface area contributed by atoms with Crippen LogP contribution in [-0.4, -0.2) is 77.8 Å². The van der Waals surface area contributed by atoms with Crippen molar-refractivity contribution in [3.8, 4) is 0 Å². The lowest BCUT2D eigenvalue weighted by Crippen LogP contribution is -2.48. The molecule has 1 unspecified atom stereocenters. The molecule has 1 aromatic carbocycles. The second kappa shape index (κ2) is 8.55. The van der Waals surface area contributed by atoms with E-state index in [0.717, 1.165) is 70.2 Å². The molecule has 1 atom stereocenters. The number of rotatable bonds is 5. The average Bonchev–Trinajstić information content (AvgIpc) is 2.76. The quantitative estimate of drug-likeness (QED) is 0.852. The Morgan fingerprint density at radius 2 is 1.71 bits per heavy atom. The van der Waals surface area contributed by atoms with Crippen molar-refractivity contribution in [2.24, 2.45) is 0 Å². The van der Waals surface area contributed by atoms with E-state index in [4.69, 9.17) is 0 Å². The minimum atomic E-state index is -0.167. The number of likely N-dealkylation sites (N-methyl/N-ethyl adjacent to an activating group) is 1. The normalized spacial score (nSPS) is 24.4. The molecular weight excluding hydrogens is 350 g/mol. The maximum atomic E-state index is 10.2. The molecule has 2 aliphatic rings. The third-order valence-corrected chi connectivity index (χ3v) is 6.23. The fraction of sp³-hybridized carbons (Fsp3) is 0.545. The first-order chi connectivity index (χ1) is 13.7. The molecule has 0 radical (unpaired) electrons. The Labute approximate surface area is 167 Å². The van der Waals surface area contributed by atoms with E-state index < -0.39 is 0 Å². The van der Waals surface area contributed by atoms with Gasteiger partial charge in [0, 0.05) is 62.6 Å². The van der Waals surface area contributed by atoms with E-state index in [1.807, 2.05) is 18.5 Å². The largest absolute Gasteiger partial charge is 0.395 e. The number of likely N-dealkylation sites (tertiary alicyclic amines) is 1. The van der Waals surface area contributed by atoms with Crippen LogP contribution in [0.15, 0.2) is 42.7 Å². The molecule has 2 aliphatic heterocycles. The predicted octanol–water partition coefficient (Wildman–Crippen LogP) is 1.75. The molecular formula is C22H31N5O. The number of hydrogen-bond acceptors (Lipinski definition) is 6. The van der Waals surface area contributed by atoms with Crippen LogP contribution in [0.3, 0.4) is 0 Å². The van der Waals surface area contributed by atoms with Gasteiger partial charge in [0.15, 0.2) is 0 Å². The molecule has 2 fully saturated rings. The van der Waals surface area contributed by atoms with Gasteiger partial charge in [-0.3, -0.25) is 4.90 Å². The summed E-state index contributed by atoms with van der Waals surface area (Å²) in [4.78, 5) is 16.3. The summed E-state index contributed by atoms with van der Waals surface area (Å²) in [6.07, 6.45) is 6.06. The van der Waals surface area contributed by atoms with E-state index in [2.05, 4.69) is 56.0 Å². The van der Waals surface area contributed by atoms with Gasteiger partial charge in [0.2, 0.25) is 5.95 Å². The summed E-state index contributed by atoms with van der Waals surface area (Å²) in [5.74, 6) is 0.837. The lowest BCUT2D eigenvalue weighted by atomic mass is 9.74. The highest BCUT2D eigenvalue weighted by Gasteiger charge is 2.36. The number of aliphatic hydroxyl groups is 1. The Morgan fingerprint density at radius 1 is 1.00 bits per heavy atom. The van der Waals surface area contributed by atoms with Crippen LogP contribution in [0.4, 0.5) is 5.95 Å². The van der Waals surface area contributed by atoms with Gasteiger partial charge in [-0.2, -0.15) is 0 Å². The van der Waals surface area contributed by atoms with Crippen LogP contribution in [0.2, 0.25) is 0 Å². The van der Waals surface area contributed by atoms with E-state index in [1.54, 1.807) is 0 Å². The fourth-order valence-corrected chi connectivity index (χ4v) is 4.47. The molecule has 6 nitrogen and oxygen atoms in total. The van der Waals surface area contributed by atoms with Crippen LogP contribution in [0.25, 0.3) is 0 Å². The van der Waals surface area contributed by atoms with Crippen LogP contribution in [-0.2, 0) is 12.0 Å². The molecule has 0 spiro atoms. The SMILES string of the molecule is CN1CCN(c2ncc(CN3CCCC(CO)(c4ccccc4)C3)cn2)CC1. The summed E-state index contributed by atoms with van der Waals surface area (Å²) in [5.41, 5.74) is 2.21. The van der Waals surface area contributed by atoms with Crippen molar-refractivity contribution >= 4 is 5.95 Å². The number of benzene rings is 1. The molecule has 2 saturated heterocycles. The Balaban J connectivity index is 1.41. The van der Waals surface area contributed by atoms with E-state index in [1.165, 1.54) is 5.56 Å². The maximum Gasteiger partial charge on any atom is 0.225 e. The molecule has 0 aliphatic carbocycles. The van der Waals surface area contributed by atoms with Crippen LogP contribution in [0, 0.1) is 0 Å². The highest BCUT2D eigenvalue weighted by atomic mass is 16.3. The second-order valence-electron chi connectivity index (χ2n) is 8.30. The van der Waals surface area contributed by atoms with Crippen molar-refractivity contribution in [2.75, 3.05) is 57.8 Å². The molecule has 1 aromatic heterocycles. The summed E-state index contributed by atoms with van der Waals surface area (Å²) in [5, 5.41) is 10.2. The monoisotopic (exact) mass is 381 g/mol. The zero-order valence-electron chi connectivity index (χ0n) is 16.8. The van der Waals surface area contributed by atoms with Gasteiger partial charge in [-0.25, -0.2) is 9.97 Å². The van der Waals surface area contributed by atoms with E-state index in [9.17, 15) is 5.11 Å². The number of anilines is 1. The van der Waals surface area contributed by atoms with Crippen molar-refractivity contribution in [1.82, 2.24) is 19.8 Å². The highest BCUT2D eigenvalue weighted by molar-refractivity contribution is 5.31. The van der Waals surface area contributed by atoms with Gasteiger partial charge in [-0.15, -0.1) is 0 Å². The highest BCUT2D eigenvalue weighted by Crippen LogP contribution is 2.34. The summed E-state index contributed by atoms with van der Waals surface area (Å²) in [6.45, 7) is 7.02. The van der Waals surface area contributed by atoms with Gasteiger partial charge in [0.05, 0.1) is 6.61 Å². The van der Waals surface area contributed by atoms with Gasteiger partial charge < -0.3 is 14.9 Å². The molecule has 28 heavy (non-hydrogen) atoms. The molecule has 3 heterocycles. The lowest BCUT2D eigenvalue weighted by molar-refractivity contribution is 0.0849. The second-order valence-corrected chi connectivity index (χ2v) is 8.30. The van der Waals surface area contributed by atoms with Crippen molar-refractivity contribution in [1.29, 1.82) is 0 Å². The maximum absolute atomic E-state index is 10.2. The third-order valence-electron chi connectivity index (χ3n) is 6.23. The summed E-state index contributed by atoms with van der Waals surface area (Å²) < 4.78 is 0. The van der Waals surface area contributed by atoms with Crippen molar-refractivity contribution < 1.29 is 5.11 Å². The fourth-order valence-electron chi connectivity index (χ4n) is 4.47. The first kappa shape index (κ1) is 19.3. The van der Waals surface area contributed by atoms with Crippen LogP contribution < -0.4 is 4.90 Å². The number of hydrogen-bond donors (Lipinski definition) is 1. The summed E-state index contributed by atoms with van der Waals surface area (Å²) in [7, 11) is 2.15. The first-order valence-corrected chi connectivity index (χ1v) is 10.3. The Kier molecular flexibility index (Phi) is 5.90. The minimum absolute atomic E-state index is 0.167. The molecule has 0 amide bonds. The predicted molar refractivity (Wildman–Crippen MR) is 111 cm³/mol. The summed E-state index contributed by atoms with van der Waals surface area (Å²) >= 11 is 0. The van der Waals surface area contributed by atoms with Crippen LogP contribution in [0.5, 0.6) is 0 Å². The third kappa shape index (κ3) is 4.19. The van der Waals surface area contributed by atoms with Crippen molar-refractivity contribution in [3.63, 3.8) is 0 Å². The van der Waals surface area contributed by atoms with Gasteiger partial charge in [-0.1, -0.05) is 30.3 Å². The van der Waals surface area contributed by atoms with Gasteiger partial charge in [0.25, 0.3) is 0 Å². The van der Waals surface area contributed by atoms with Gasteiger partial charge in [0.1, 0.15) is 0 Å². The molecule has 0 bridgehead atoms. The van der Waals surface area contributed by atoms with Crippen molar-refractivity contribution in [2.45, 2.75) is 24.8 Å². The average molecular weight is 382 g/mol. The zero-order valence-corrected chi connectivity index (χ0v) is 16.8. The van der Waals surface area contributed by atoms with Gasteiger partial charge >= 0.3 is 0 Å². The number of piperidine rings is 1. The Morgan fingerprint density at radius 3 is 2.39 bits per heavy atom. The smallest absolute Gasteiger partial charge is 0.225 e. The van der Waals surface area contributed by atoms with E-state index in [-0.39, 0.29) is 12.0 Å². The number of aromatic nitrogens is 2. The first-order valence-electron chi connectivity index (χ1n) is 10.3. The van der Waals surface area contributed by atoms with Crippen LogP contribution in [0.1, 0.15) is 24.0 Å². The van der Waals surface area contributed by atoms with Crippen LogP contribution >= 0.6 is 0 Å².